The number of carbonyl (C=O) groups excluding carboxylic acids is 2. The molecule has 1 unspecified atom stereocenters. The molecule has 0 N–H and O–H groups in total. The van der Waals surface area contributed by atoms with Crippen molar-refractivity contribution in [1.29, 1.82) is 0 Å². The van der Waals surface area contributed by atoms with Gasteiger partial charge in [0.25, 0.3) is 11.6 Å². The number of nitro groups is 1. The van der Waals surface area contributed by atoms with Gasteiger partial charge < -0.3 is 9.64 Å². The van der Waals surface area contributed by atoms with Crippen molar-refractivity contribution in [2.45, 2.75) is 6.92 Å². The number of non-ortho nitro benzene ring substituents is 1. The van der Waals surface area contributed by atoms with Crippen LogP contribution in [0.5, 0.6) is 0 Å². The number of carbonyl (C=O) groups is 2. The lowest BCUT2D eigenvalue weighted by Gasteiger charge is -2.20. The number of hydrogen-bond acceptors (Lipinski definition) is 5. The van der Waals surface area contributed by atoms with E-state index in [2.05, 4.69) is 4.74 Å². The molecule has 0 bridgehead atoms. The third-order valence-corrected chi connectivity index (χ3v) is 2.80. The number of benzene rings is 1. The Labute approximate surface area is 116 Å². The second kappa shape index (κ2) is 6.65. The lowest BCUT2D eigenvalue weighted by molar-refractivity contribution is -0.384. The van der Waals surface area contributed by atoms with E-state index >= 15 is 0 Å². The highest BCUT2D eigenvalue weighted by molar-refractivity contribution is 5.94. The molecule has 0 aliphatic rings. The van der Waals surface area contributed by atoms with Gasteiger partial charge in [-0.2, -0.15) is 0 Å². The van der Waals surface area contributed by atoms with E-state index in [4.69, 9.17) is 0 Å². The third kappa shape index (κ3) is 3.78. The van der Waals surface area contributed by atoms with E-state index in [1.807, 2.05) is 0 Å². The second-order valence-corrected chi connectivity index (χ2v) is 4.42. The van der Waals surface area contributed by atoms with E-state index in [9.17, 15) is 19.7 Å². The van der Waals surface area contributed by atoms with Crippen LogP contribution in [0.25, 0.3) is 0 Å². The van der Waals surface area contributed by atoms with Crippen molar-refractivity contribution < 1.29 is 19.2 Å². The molecule has 108 valence electrons. The van der Waals surface area contributed by atoms with Crippen LogP contribution >= 0.6 is 0 Å². The van der Waals surface area contributed by atoms with Crippen LogP contribution in [0.3, 0.4) is 0 Å². The molecule has 0 aliphatic carbocycles. The summed E-state index contributed by atoms with van der Waals surface area (Å²) in [6, 6.07) is 5.47. The number of methoxy groups -OCH3 is 1. The van der Waals surface area contributed by atoms with Crippen molar-refractivity contribution in [2.24, 2.45) is 5.92 Å². The van der Waals surface area contributed by atoms with E-state index in [0.717, 1.165) is 0 Å². The fourth-order valence-electron chi connectivity index (χ4n) is 1.74. The number of nitro benzene ring substituents is 1. The molecule has 7 heteroatoms. The normalized spacial score (nSPS) is 11.6. The van der Waals surface area contributed by atoms with Gasteiger partial charge in [0.2, 0.25) is 0 Å². The Morgan fingerprint density at radius 3 is 2.65 bits per heavy atom. The van der Waals surface area contributed by atoms with Crippen molar-refractivity contribution in [3.8, 4) is 0 Å². The van der Waals surface area contributed by atoms with Crippen LogP contribution in [0.15, 0.2) is 24.3 Å². The zero-order valence-corrected chi connectivity index (χ0v) is 11.5. The molecular weight excluding hydrogens is 264 g/mol. The molecule has 1 rings (SSSR count). The number of esters is 1. The van der Waals surface area contributed by atoms with Gasteiger partial charge in [-0.1, -0.05) is 13.0 Å². The van der Waals surface area contributed by atoms with Gasteiger partial charge in [-0.3, -0.25) is 19.7 Å². The number of hydrogen-bond donors (Lipinski definition) is 0. The van der Waals surface area contributed by atoms with Crippen LogP contribution in [0.4, 0.5) is 5.69 Å². The molecule has 0 saturated heterocycles. The highest BCUT2D eigenvalue weighted by atomic mass is 16.6. The van der Waals surface area contributed by atoms with Gasteiger partial charge in [0.15, 0.2) is 0 Å². The van der Waals surface area contributed by atoms with Crippen molar-refractivity contribution in [2.75, 3.05) is 20.7 Å². The monoisotopic (exact) mass is 280 g/mol. The Morgan fingerprint density at radius 1 is 1.45 bits per heavy atom. The van der Waals surface area contributed by atoms with Crippen LogP contribution in [-0.2, 0) is 9.53 Å². The van der Waals surface area contributed by atoms with Gasteiger partial charge in [-0.05, 0) is 6.07 Å². The van der Waals surface area contributed by atoms with Crippen LogP contribution in [0, 0.1) is 16.0 Å². The first-order valence-corrected chi connectivity index (χ1v) is 5.94. The SMILES string of the molecule is COC(=O)C(C)CN(C)C(=O)c1cccc([N+](=O)[O-])c1. The van der Waals surface area contributed by atoms with Gasteiger partial charge in [0, 0.05) is 31.3 Å². The minimum atomic E-state index is -0.562. The fraction of sp³-hybridized carbons (Fsp3) is 0.385. The molecule has 0 fully saturated rings. The zero-order chi connectivity index (χ0) is 15.3. The fourth-order valence-corrected chi connectivity index (χ4v) is 1.74. The molecule has 1 aromatic carbocycles. The van der Waals surface area contributed by atoms with Crippen molar-refractivity contribution in [1.82, 2.24) is 4.90 Å². The van der Waals surface area contributed by atoms with E-state index in [1.165, 1.54) is 43.3 Å². The maximum absolute atomic E-state index is 12.1. The minimum absolute atomic E-state index is 0.148. The maximum Gasteiger partial charge on any atom is 0.310 e. The number of nitrogens with zero attached hydrogens (tertiary/aromatic N) is 2. The molecule has 0 aliphatic heterocycles. The van der Waals surface area contributed by atoms with E-state index in [0.29, 0.717) is 0 Å². The summed E-state index contributed by atoms with van der Waals surface area (Å²) in [6.45, 7) is 1.82. The Bertz CT molecular complexity index is 529. The van der Waals surface area contributed by atoms with Gasteiger partial charge in [-0.15, -0.1) is 0 Å². The Kier molecular flexibility index (Phi) is 5.19. The summed E-state index contributed by atoms with van der Waals surface area (Å²) < 4.78 is 4.58. The predicted octanol–water partition coefficient (Wildman–Crippen LogP) is 1.48. The number of rotatable bonds is 5. The summed E-state index contributed by atoms with van der Waals surface area (Å²) in [5.74, 6) is -1.26. The largest absolute Gasteiger partial charge is 0.469 e. The average molecular weight is 280 g/mol. The van der Waals surface area contributed by atoms with E-state index in [-0.39, 0.29) is 23.7 Å². The first kappa shape index (κ1) is 15.6. The predicted molar refractivity (Wildman–Crippen MR) is 71.2 cm³/mol. The average Bonchev–Trinajstić information content (AvgIpc) is 2.45. The second-order valence-electron chi connectivity index (χ2n) is 4.42. The minimum Gasteiger partial charge on any atom is -0.469 e. The van der Waals surface area contributed by atoms with Crippen molar-refractivity contribution >= 4 is 17.6 Å². The summed E-state index contributed by atoms with van der Waals surface area (Å²) in [5, 5.41) is 10.7. The van der Waals surface area contributed by atoms with Gasteiger partial charge in [-0.25, -0.2) is 0 Å². The molecule has 0 radical (unpaired) electrons. The van der Waals surface area contributed by atoms with Gasteiger partial charge >= 0.3 is 5.97 Å². The lowest BCUT2D eigenvalue weighted by atomic mass is 10.1. The molecule has 1 amide bonds. The molecule has 0 aromatic heterocycles. The highest BCUT2D eigenvalue weighted by Gasteiger charge is 2.20. The molecule has 1 aromatic rings. The summed E-state index contributed by atoms with van der Waals surface area (Å²) in [4.78, 5) is 34.9. The smallest absolute Gasteiger partial charge is 0.310 e. The summed E-state index contributed by atoms with van der Waals surface area (Å²) in [7, 11) is 2.81. The first-order valence-electron chi connectivity index (χ1n) is 5.94. The standard InChI is InChI=1S/C13H16N2O5/c1-9(13(17)20-3)8-14(2)12(16)10-5-4-6-11(7-10)15(18)19/h4-7,9H,8H2,1-3H3. The Balaban J connectivity index is 2.81. The van der Waals surface area contributed by atoms with Crippen LogP contribution in [0.1, 0.15) is 17.3 Å². The highest BCUT2D eigenvalue weighted by Crippen LogP contribution is 2.15. The summed E-state index contributed by atoms with van der Waals surface area (Å²) in [5.41, 5.74) is 0.0593. The van der Waals surface area contributed by atoms with E-state index in [1.54, 1.807) is 6.92 Å². The van der Waals surface area contributed by atoms with Crippen LogP contribution in [-0.4, -0.2) is 42.4 Å². The molecule has 0 spiro atoms. The quantitative estimate of drug-likeness (QED) is 0.463. The van der Waals surface area contributed by atoms with E-state index < -0.39 is 16.8 Å². The molecular formula is C13H16N2O5. The van der Waals surface area contributed by atoms with Gasteiger partial charge in [0.05, 0.1) is 18.0 Å². The van der Waals surface area contributed by atoms with Crippen molar-refractivity contribution in [3.05, 3.63) is 39.9 Å². The molecule has 0 heterocycles. The molecule has 7 nitrogen and oxygen atoms in total. The van der Waals surface area contributed by atoms with Crippen molar-refractivity contribution in [3.63, 3.8) is 0 Å². The third-order valence-electron chi connectivity index (χ3n) is 2.80. The lowest BCUT2D eigenvalue weighted by Crippen LogP contribution is -2.34. The Hall–Kier alpha value is -2.44. The summed E-state index contributed by atoms with van der Waals surface area (Å²) >= 11 is 0. The van der Waals surface area contributed by atoms with Crippen LogP contribution in [0.2, 0.25) is 0 Å². The zero-order valence-electron chi connectivity index (χ0n) is 11.5. The molecule has 20 heavy (non-hydrogen) atoms. The topological polar surface area (TPSA) is 89.8 Å². The Morgan fingerprint density at radius 2 is 2.10 bits per heavy atom. The van der Waals surface area contributed by atoms with Crippen LogP contribution < -0.4 is 0 Å². The molecule has 1 atom stereocenters. The maximum atomic E-state index is 12.1. The van der Waals surface area contributed by atoms with Gasteiger partial charge in [0.1, 0.15) is 0 Å². The molecule has 0 saturated carbocycles. The number of ether oxygens (including phenoxy) is 1. The first-order chi connectivity index (χ1) is 9.36. The number of amides is 1. The summed E-state index contributed by atoms with van der Waals surface area (Å²) in [6.07, 6.45) is 0.